The highest BCUT2D eigenvalue weighted by Crippen LogP contribution is 2.32. The minimum absolute atomic E-state index is 0.0296. The zero-order valence-corrected chi connectivity index (χ0v) is 7.58. The molecule has 1 atom stereocenters. The van der Waals surface area contributed by atoms with Crippen molar-refractivity contribution in [3.05, 3.63) is 11.8 Å². The highest BCUT2D eigenvalue weighted by Gasteiger charge is 2.42. The Bertz CT molecular complexity index is 300. The molecule has 1 saturated heterocycles. The maximum Gasteiger partial charge on any atom is 0.372 e. The summed E-state index contributed by atoms with van der Waals surface area (Å²) in [5.41, 5.74) is 0.294. The van der Waals surface area contributed by atoms with Gasteiger partial charge >= 0.3 is 5.97 Å². The molecule has 0 N–H and O–H groups in total. The third kappa shape index (κ3) is 1.21. The number of halogens is 1. The van der Waals surface area contributed by atoms with Crippen LogP contribution in [-0.4, -0.2) is 22.8 Å². The molecule has 0 aromatic rings. The number of carbonyl (C=O) groups is 2. The summed E-state index contributed by atoms with van der Waals surface area (Å²) in [5, 5.41) is 0. The molecule has 4 nitrogen and oxygen atoms in total. The van der Waals surface area contributed by atoms with Crippen LogP contribution in [0.1, 0.15) is 19.3 Å². The topological polar surface area (TPSA) is 46.6 Å². The lowest BCUT2D eigenvalue weighted by atomic mass is 9.92. The van der Waals surface area contributed by atoms with Gasteiger partial charge in [-0.05, 0) is 12.8 Å². The molecule has 2 aliphatic heterocycles. The molecule has 0 spiro atoms. The Kier molecular flexibility index (Phi) is 2.00. The highest BCUT2D eigenvalue weighted by atomic mass is 35.5. The Morgan fingerprint density at radius 2 is 2.46 bits per heavy atom. The average Bonchev–Trinajstić information content (AvgIpc) is 2.14. The van der Waals surface area contributed by atoms with E-state index in [4.69, 9.17) is 11.9 Å². The molecule has 0 bridgehead atoms. The fraction of sp³-hybridized carbons (Fsp3) is 0.500. The number of β-lactam (4-membered cyclic amide) rings is 1. The lowest BCUT2D eigenvalue weighted by Gasteiger charge is -2.42. The van der Waals surface area contributed by atoms with E-state index in [-0.39, 0.29) is 11.9 Å². The van der Waals surface area contributed by atoms with Crippen molar-refractivity contribution in [2.24, 2.45) is 0 Å². The Morgan fingerprint density at radius 3 is 3.08 bits per heavy atom. The lowest BCUT2D eigenvalue weighted by molar-refractivity contribution is -0.148. The normalized spacial score (nSPS) is 25.9. The summed E-state index contributed by atoms with van der Waals surface area (Å²) in [5.74, 6) is -0.669. The van der Waals surface area contributed by atoms with Crippen LogP contribution in [0.25, 0.3) is 0 Å². The van der Waals surface area contributed by atoms with Gasteiger partial charge in [0.2, 0.25) is 5.91 Å². The molecule has 1 fully saturated rings. The molecule has 0 aliphatic carbocycles. The zero-order valence-electron chi connectivity index (χ0n) is 6.83. The first kappa shape index (κ1) is 8.56. The Morgan fingerprint density at radius 1 is 1.69 bits per heavy atom. The van der Waals surface area contributed by atoms with E-state index >= 15 is 0 Å². The summed E-state index contributed by atoms with van der Waals surface area (Å²) < 4.78 is 4.06. The van der Waals surface area contributed by atoms with Gasteiger partial charge in [0.05, 0.1) is 0 Å². The van der Waals surface area contributed by atoms with Gasteiger partial charge in [0.25, 0.3) is 0 Å². The van der Waals surface area contributed by atoms with Gasteiger partial charge in [0.15, 0.2) is 0 Å². The van der Waals surface area contributed by atoms with E-state index in [2.05, 4.69) is 4.29 Å². The maximum atomic E-state index is 11.1. The van der Waals surface area contributed by atoms with Crippen molar-refractivity contribution in [3.63, 3.8) is 0 Å². The van der Waals surface area contributed by atoms with Crippen LogP contribution in [0.5, 0.6) is 0 Å². The number of carbonyl (C=O) groups excluding carboxylic acids is 2. The van der Waals surface area contributed by atoms with Crippen molar-refractivity contribution in [3.8, 4) is 0 Å². The van der Waals surface area contributed by atoms with Crippen molar-refractivity contribution in [2.45, 2.75) is 25.3 Å². The second kappa shape index (κ2) is 3.03. The molecule has 70 valence electrons. The molecule has 2 aliphatic rings. The molecular weight excluding hydrogens is 194 g/mol. The van der Waals surface area contributed by atoms with Crippen molar-refractivity contribution in [2.75, 3.05) is 0 Å². The maximum absolute atomic E-state index is 11.1. The van der Waals surface area contributed by atoms with E-state index in [1.807, 2.05) is 0 Å². The summed E-state index contributed by atoms with van der Waals surface area (Å²) in [6.45, 7) is 0. The van der Waals surface area contributed by atoms with Crippen LogP contribution in [0.2, 0.25) is 0 Å². The number of hydrogen-bond donors (Lipinski definition) is 0. The van der Waals surface area contributed by atoms with Gasteiger partial charge in [0, 0.05) is 12.5 Å². The monoisotopic (exact) mass is 201 g/mol. The first-order valence-corrected chi connectivity index (χ1v) is 4.40. The first-order chi connectivity index (χ1) is 6.24. The molecule has 2 heterocycles. The fourth-order valence-electron chi connectivity index (χ4n) is 1.78. The Hall–Kier alpha value is -1.03. The van der Waals surface area contributed by atoms with Crippen molar-refractivity contribution >= 4 is 23.7 Å². The summed E-state index contributed by atoms with van der Waals surface area (Å²) in [6, 6.07) is 0.184. The van der Waals surface area contributed by atoms with Crippen LogP contribution in [0.3, 0.4) is 0 Å². The standard InChI is InChI=1S/C8H8ClNO3/c9-13-8(12)6-3-1-2-5-4-7(11)10(5)6/h3,5H,1-2,4H2. The number of allylic oxidation sites excluding steroid dienone is 1. The van der Waals surface area contributed by atoms with Crippen LogP contribution in [0.15, 0.2) is 11.8 Å². The van der Waals surface area contributed by atoms with E-state index in [1.165, 1.54) is 4.90 Å². The van der Waals surface area contributed by atoms with Crippen molar-refractivity contribution in [1.29, 1.82) is 0 Å². The fourth-order valence-corrected chi connectivity index (χ4v) is 1.86. The first-order valence-electron chi connectivity index (χ1n) is 4.09. The number of amides is 1. The molecule has 5 heteroatoms. The average molecular weight is 202 g/mol. The summed E-state index contributed by atoms with van der Waals surface area (Å²) in [4.78, 5) is 23.7. The van der Waals surface area contributed by atoms with Crippen molar-refractivity contribution < 1.29 is 13.9 Å². The van der Waals surface area contributed by atoms with E-state index in [0.717, 1.165) is 12.8 Å². The van der Waals surface area contributed by atoms with Crippen LogP contribution < -0.4 is 0 Å². The summed E-state index contributed by atoms with van der Waals surface area (Å²) in [6.07, 6.45) is 3.95. The highest BCUT2D eigenvalue weighted by molar-refractivity contribution is 6.16. The summed E-state index contributed by atoms with van der Waals surface area (Å²) >= 11 is 4.94. The molecule has 1 amide bonds. The number of hydrogen-bond acceptors (Lipinski definition) is 3. The lowest BCUT2D eigenvalue weighted by Crippen LogP contribution is -2.54. The SMILES string of the molecule is O=C(OCl)C1=CCCC2CC(=O)N12. The van der Waals surface area contributed by atoms with Gasteiger partial charge < -0.3 is 9.19 Å². The minimum atomic E-state index is -0.639. The minimum Gasteiger partial charge on any atom is -0.342 e. The second-order valence-corrected chi connectivity index (χ2v) is 3.31. The van der Waals surface area contributed by atoms with Gasteiger partial charge in [-0.1, -0.05) is 6.08 Å². The van der Waals surface area contributed by atoms with Crippen LogP contribution in [0, 0.1) is 0 Å². The van der Waals surface area contributed by atoms with Gasteiger partial charge in [-0.2, -0.15) is 0 Å². The smallest absolute Gasteiger partial charge is 0.342 e. The molecule has 0 aromatic carbocycles. The van der Waals surface area contributed by atoms with Gasteiger partial charge in [-0.3, -0.25) is 4.79 Å². The molecular formula is C8H8ClNO3. The van der Waals surface area contributed by atoms with E-state index in [0.29, 0.717) is 12.1 Å². The molecule has 0 radical (unpaired) electrons. The van der Waals surface area contributed by atoms with E-state index in [9.17, 15) is 9.59 Å². The predicted octanol–water partition coefficient (Wildman–Crippen LogP) is 0.962. The largest absolute Gasteiger partial charge is 0.372 e. The third-order valence-electron chi connectivity index (χ3n) is 2.42. The zero-order chi connectivity index (χ0) is 9.42. The van der Waals surface area contributed by atoms with Gasteiger partial charge in [-0.25, -0.2) is 4.79 Å². The Balaban J connectivity index is 2.21. The molecule has 2 rings (SSSR count). The number of nitrogens with zero attached hydrogens (tertiary/aromatic N) is 1. The van der Waals surface area contributed by atoms with Gasteiger partial charge in [0.1, 0.15) is 17.6 Å². The Labute approximate surface area is 80.3 Å². The second-order valence-electron chi connectivity index (χ2n) is 3.15. The van der Waals surface area contributed by atoms with Crippen LogP contribution in [0.4, 0.5) is 0 Å². The van der Waals surface area contributed by atoms with E-state index in [1.54, 1.807) is 6.08 Å². The molecule has 0 aromatic heterocycles. The quantitative estimate of drug-likeness (QED) is 0.594. The molecule has 0 saturated carbocycles. The molecule has 1 unspecified atom stereocenters. The van der Waals surface area contributed by atoms with Crippen molar-refractivity contribution in [1.82, 2.24) is 4.90 Å². The molecule has 13 heavy (non-hydrogen) atoms. The number of rotatable bonds is 1. The number of fused-ring (bicyclic) bond motifs is 1. The summed E-state index contributed by atoms with van der Waals surface area (Å²) in [7, 11) is 0. The third-order valence-corrected chi connectivity index (χ3v) is 2.56. The van der Waals surface area contributed by atoms with Gasteiger partial charge in [-0.15, -0.1) is 0 Å². The van der Waals surface area contributed by atoms with Crippen LogP contribution in [-0.2, 0) is 13.9 Å². The van der Waals surface area contributed by atoms with Crippen LogP contribution >= 0.6 is 11.9 Å². The predicted molar refractivity (Wildman–Crippen MR) is 44.5 cm³/mol. The van der Waals surface area contributed by atoms with E-state index < -0.39 is 5.97 Å².